The summed E-state index contributed by atoms with van der Waals surface area (Å²) in [5.41, 5.74) is 1.25. The molecule has 0 saturated carbocycles. The van der Waals surface area contributed by atoms with Crippen LogP contribution in [0.1, 0.15) is 25.0 Å². The van der Waals surface area contributed by atoms with Gasteiger partial charge in [0.1, 0.15) is 0 Å². The van der Waals surface area contributed by atoms with Gasteiger partial charge in [0.15, 0.2) is 0 Å². The van der Waals surface area contributed by atoms with Gasteiger partial charge in [0.2, 0.25) is 0 Å². The van der Waals surface area contributed by atoms with Gasteiger partial charge in [-0.25, -0.2) is 0 Å². The minimum atomic E-state index is -0.176. The van der Waals surface area contributed by atoms with Crippen molar-refractivity contribution in [3.63, 3.8) is 0 Å². The molecular formula is C9H14FN. The number of rotatable bonds is 5. The third-order valence-corrected chi connectivity index (χ3v) is 1.74. The number of aromatic amines is 1. The first kappa shape index (κ1) is 8.31. The number of aryl methyl sites for hydroxylation is 1. The first-order valence-corrected chi connectivity index (χ1v) is 4.11. The Bertz CT molecular complexity index is 170. The van der Waals surface area contributed by atoms with Crippen LogP contribution in [0.25, 0.3) is 0 Å². The third kappa shape index (κ3) is 3.21. The van der Waals surface area contributed by atoms with Gasteiger partial charge in [-0.05, 0) is 31.4 Å². The lowest BCUT2D eigenvalue weighted by Gasteiger charge is -1.95. The summed E-state index contributed by atoms with van der Waals surface area (Å²) in [6, 6.07) is 4.06. The van der Waals surface area contributed by atoms with Gasteiger partial charge >= 0.3 is 0 Å². The molecule has 1 aromatic rings. The number of hydrogen-bond donors (Lipinski definition) is 1. The van der Waals surface area contributed by atoms with Crippen molar-refractivity contribution >= 4 is 0 Å². The predicted octanol–water partition coefficient (Wildman–Crippen LogP) is 2.70. The summed E-state index contributed by atoms with van der Waals surface area (Å²) in [5.74, 6) is 0. The van der Waals surface area contributed by atoms with Crippen LogP contribution < -0.4 is 0 Å². The van der Waals surface area contributed by atoms with Crippen LogP contribution in [0.3, 0.4) is 0 Å². The summed E-state index contributed by atoms with van der Waals surface area (Å²) >= 11 is 0. The molecule has 0 fully saturated rings. The number of halogens is 1. The molecule has 1 aromatic heterocycles. The summed E-state index contributed by atoms with van der Waals surface area (Å²) < 4.78 is 11.7. The van der Waals surface area contributed by atoms with E-state index in [1.54, 1.807) is 0 Å². The summed E-state index contributed by atoms with van der Waals surface area (Å²) in [6.45, 7) is -0.176. The number of aromatic nitrogens is 1. The lowest BCUT2D eigenvalue weighted by atomic mass is 10.1. The minimum Gasteiger partial charge on any atom is -0.365 e. The smallest absolute Gasteiger partial charge is 0.0894 e. The molecule has 1 nitrogen and oxygen atoms in total. The average Bonchev–Trinajstić information content (AvgIpc) is 2.50. The van der Waals surface area contributed by atoms with Crippen LogP contribution in [-0.2, 0) is 6.42 Å². The molecule has 0 amide bonds. The Labute approximate surface area is 66.6 Å². The zero-order chi connectivity index (χ0) is 7.94. The van der Waals surface area contributed by atoms with E-state index in [4.69, 9.17) is 0 Å². The van der Waals surface area contributed by atoms with Crippen LogP contribution in [-0.4, -0.2) is 11.7 Å². The van der Waals surface area contributed by atoms with E-state index < -0.39 is 0 Å². The fraction of sp³-hybridized carbons (Fsp3) is 0.556. The highest BCUT2D eigenvalue weighted by Gasteiger charge is 1.92. The Morgan fingerprint density at radius 1 is 1.27 bits per heavy atom. The van der Waals surface area contributed by atoms with Gasteiger partial charge in [0, 0.05) is 11.9 Å². The van der Waals surface area contributed by atoms with Crippen molar-refractivity contribution in [3.05, 3.63) is 24.0 Å². The SMILES string of the molecule is FCCCCCc1ccc[nH]1. The number of alkyl halides is 1. The Morgan fingerprint density at radius 3 is 2.82 bits per heavy atom. The average molecular weight is 155 g/mol. The van der Waals surface area contributed by atoms with Gasteiger partial charge < -0.3 is 4.98 Å². The molecule has 0 atom stereocenters. The van der Waals surface area contributed by atoms with Crippen LogP contribution >= 0.6 is 0 Å². The lowest BCUT2D eigenvalue weighted by molar-refractivity contribution is 0.456. The number of nitrogens with one attached hydrogen (secondary N) is 1. The largest absolute Gasteiger partial charge is 0.365 e. The fourth-order valence-electron chi connectivity index (χ4n) is 1.11. The number of hydrogen-bond acceptors (Lipinski definition) is 0. The van der Waals surface area contributed by atoms with E-state index >= 15 is 0 Å². The molecule has 0 unspecified atom stereocenters. The fourth-order valence-corrected chi connectivity index (χ4v) is 1.11. The van der Waals surface area contributed by atoms with Gasteiger partial charge in [-0.1, -0.05) is 6.42 Å². The van der Waals surface area contributed by atoms with Crippen molar-refractivity contribution in [2.45, 2.75) is 25.7 Å². The van der Waals surface area contributed by atoms with Gasteiger partial charge in [-0.15, -0.1) is 0 Å². The maximum absolute atomic E-state index is 11.7. The van der Waals surface area contributed by atoms with Gasteiger partial charge in [0.05, 0.1) is 6.67 Å². The second-order valence-electron chi connectivity index (χ2n) is 2.70. The Hall–Kier alpha value is -0.790. The molecule has 0 aliphatic rings. The maximum Gasteiger partial charge on any atom is 0.0894 e. The molecule has 0 aromatic carbocycles. The van der Waals surface area contributed by atoms with Gasteiger partial charge in [0.25, 0.3) is 0 Å². The zero-order valence-corrected chi connectivity index (χ0v) is 6.65. The van der Waals surface area contributed by atoms with E-state index in [1.807, 2.05) is 12.3 Å². The molecule has 1 heterocycles. The zero-order valence-electron chi connectivity index (χ0n) is 6.65. The Kier molecular flexibility index (Phi) is 3.73. The van der Waals surface area contributed by atoms with Crippen LogP contribution in [0, 0.1) is 0 Å². The molecule has 0 spiro atoms. The third-order valence-electron chi connectivity index (χ3n) is 1.74. The predicted molar refractivity (Wildman–Crippen MR) is 44.3 cm³/mol. The van der Waals surface area contributed by atoms with E-state index in [0.717, 1.165) is 19.3 Å². The molecular weight excluding hydrogens is 141 g/mol. The molecule has 0 bridgehead atoms. The minimum absolute atomic E-state index is 0.176. The van der Waals surface area contributed by atoms with E-state index in [1.165, 1.54) is 5.69 Å². The molecule has 62 valence electrons. The van der Waals surface area contributed by atoms with Crippen LogP contribution in [0.2, 0.25) is 0 Å². The first-order chi connectivity index (χ1) is 5.43. The van der Waals surface area contributed by atoms with Crippen molar-refractivity contribution in [2.75, 3.05) is 6.67 Å². The highest BCUT2D eigenvalue weighted by Crippen LogP contribution is 2.03. The summed E-state index contributed by atoms with van der Waals surface area (Å²) in [5, 5.41) is 0. The molecule has 1 rings (SSSR count). The van der Waals surface area contributed by atoms with E-state index in [0.29, 0.717) is 6.42 Å². The van der Waals surface area contributed by atoms with Gasteiger partial charge in [-0.2, -0.15) is 0 Å². The summed E-state index contributed by atoms with van der Waals surface area (Å²) in [6.07, 6.45) is 5.76. The van der Waals surface area contributed by atoms with Crippen LogP contribution in [0.4, 0.5) is 4.39 Å². The van der Waals surface area contributed by atoms with Gasteiger partial charge in [-0.3, -0.25) is 4.39 Å². The lowest BCUT2D eigenvalue weighted by Crippen LogP contribution is -1.85. The van der Waals surface area contributed by atoms with Crippen molar-refractivity contribution in [2.24, 2.45) is 0 Å². The second-order valence-corrected chi connectivity index (χ2v) is 2.70. The van der Waals surface area contributed by atoms with Crippen LogP contribution in [0.15, 0.2) is 18.3 Å². The van der Waals surface area contributed by atoms with Crippen LogP contribution in [0.5, 0.6) is 0 Å². The standard InChI is InChI=1S/C9H14FN/c10-7-3-1-2-5-9-6-4-8-11-9/h4,6,8,11H,1-3,5,7H2. The first-order valence-electron chi connectivity index (χ1n) is 4.11. The van der Waals surface area contributed by atoms with Crippen molar-refractivity contribution < 1.29 is 4.39 Å². The molecule has 1 N–H and O–H groups in total. The number of H-pyrrole nitrogens is 1. The summed E-state index contributed by atoms with van der Waals surface area (Å²) in [7, 11) is 0. The molecule has 0 saturated heterocycles. The molecule has 0 aliphatic carbocycles. The molecule has 0 aliphatic heterocycles. The quantitative estimate of drug-likeness (QED) is 0.629. The second kappa shape index (κ2) is 4.94. The molecule has 0 radical (unpaired) electrons. The van der Waals surface area contributed by atoms with E-state index in [2.05, 4.69) is 11.1 Å². The topological polar surface area (TPSA) is 15.8 Å². The van der Waals surface area contributed by atoms with Crippen molar-refractivity contribution in [1.29, 1.82) is 0 Å². The van der Waals surface area contributed by atoms with Crippen molar-refractivity contribution in [1.82, 2.24) is 4.98 Å². The van der Waals surface area contributed by atoms with Crippen molar-refractivity contribution in [3.8, 4) is 0 Å². The van der Waals surface area contributed by atoms with E-state index in [-0.39, 0.29) is 6.67 Å². The maximum atomic E-state index is 11.7. The number of unbranched alkanes of at least 4 members (excludes halogenated alkanes) is 2. The molecule has 11 heavy (non-hydrogen) atoms. The Balaban J connectivity index is 2.04. The normalized spacial score (nSPS) is 10.3. The Morgan fingerprint density at radius 2 is 2.18 bits per heavy atom. The highest BCUT2D eigenvalue weighted by atomic mass is 19.1. The van der Waals surface area contributed by atoms with E-state index in [9.17, 15) is 4.39 Å². The molecule has 2 heteroatoms. The highest BCUT2D eigenvalue weighted by molar-refractivity contribution is 5.03. The summed E-state index contributed by atoms with van der Waals surface area (Å²) in [4.78, 5) is 3.12. The monoisotopic (exact) mass is 155 g/mol.